The summed E-state index contributed by atoms with van der Waals surface area (Å²) in [7, 11) is 0. The molecule has 0 fully saturated rings. The Morgan fingerprint density at radius 2 is 1.90 bits per heavy atom. The standard InChI is InChI=1S/C15H15BrN2O3/c16-13-4-3-12(15(9-13)18(20)21)10-17-14-5-1-11(2-6-14)7-8-19/h1-6,9,17,19H,7-8,10H2. The van der Waals surface area contributed by atoms with Crippen LogP contribution in [0.15, 0.2) is 46.9 Å². The number of aliphatic hydroxyl groups excluding tert-OH is 1. The SMILES string of the molecule is O=[N+]([O-])c1cc(Br)ccc1CNc1ccc(CCO)cc1. The molecule has 2 N–H and O–H groups in total. The highest BCUT2D eigenvalue weighted by molar-refractivity contribution is 9.10. The van der Waals surface area contributed by atoms with Crippen LogP contribution >= 0.6 is 15.9 Å². The van der Waals surface area contributed by atoms with Crippen molar-refractivity contribution < 1.29 is 10.0 Å². The van der Waals surface area contributed by atoms with Gasteiger partial charge in [0.15, 0.2) is 0 Å². The molecule has 0 spiro atoms. The molecule has 0 amide bonds. The van der Waals surface area contributed by atoms with E-state index in [4.69, 9.17) is 5.11 Å². The van der Waals surface area contributed by atoms with Crippen molar-refractivity contribution in [3.63, 3.8) is 0 Å². The van der Waals surface area contributed by atoms with E-state index >= 15 is 0 Å². The molecule has 0 aliphatic heterocycles. The second-order valence-electron chi connectivity index (χ2n) is 4.55. The van der Waals surface area contributed by atoms with Crippen LogP contribution in [0.25, 0.3) is 0 Å². The molecule has 0 saturated carbocycles. The first-order chi connectivity index (χ1) is 10.1. The van der Waals surface area contributed by atoms with Crippen molar-refractivity contribution in [2.45, 2.75) is 13.0 Å². The molecule has 0 saturated heterocycles. The smallest absolute Gasteiger partial charge is 0.275 e. The summed E-state index contributed by atoms with van der Waals surface area (Å²) < 4.78 is 0.686. The van der Waals surface area contributed by atoms with Crippen molar-refractivity contribution in [1.29, 1.82) is 0 Å². The van der Waals surface area contributed by atoms with Gasteiger partial charge in [-0.15, -0.1) is 0 Å². The quantitative estimate of drug-likeness (QED) is 0.617. The van der Waals surface area contributed by atoms with Gasteiger partial charge < -0.3 is 10.4 Å². The molecule has 0 bridgehead atoms. The third kappa shape index (κ3) is 4.27. The summed E-state index contributed by atoms with van der Waals surface area (Å²) in [5.74, 6) is 0. The average Bonchev–Trinajstić information content (AvgIpc) is 2.47. The normalized spacial score (nSPS) is 10.4. The third-order valence-electron chi connectivity index (χ3n) is 3.08. The number of hydrogen-bond acceptors (Lipinski definition) is 4. The Kier molecular flexibility index (Phi) is 5.30. The molecule has 21 heavy (non-hydrogen) atoms. The molecular weight excluding hydrogens is 336 g/mol. The van der Waals surface area contributed by atoms with E-state index in [9.17, 15) is 10.1 Å². The van der Waals surface area contributed by atoms with E-state index in [1.54, 1.807) is 12.1 Å². The van der Waals surface area contributed by atoms with E-state index in [0.29, 0.717) is 23.0 Å². The van der Waals surface area contributed by atoms with Crippen molar-refractivity contribution in [1.82, 2.24) is 0 Å². The maximum atomic E-state index is 11.0. The molecule has 0 aliphatic carbocycles. The molecule has 0 heterocycles. The summed E-state index contributed by atoms with van der Waals surface area (Å²) >= 11 is 3.24. The summed E-state index contributed by atoms with van der Waals surface area (Å²) in [6, 6.07) is 12.7. The molecular formula is C15H15BrN2O3. The Morgan fingerprint density at radius 3 is 2.52 bits per heavy atom. The zero-order valence-corrected chi connectivity index (χ0v) is 12.8. The monoisotopic (exact) mass is 350 g/mol. The maximum absolute atomic E-state index is 11.0. The minimum absolute atomic E-state index is 0.0915. The molecule has 0 aliphatic rings. The number of rotatable bonds is 6. The van der Waals surface area contributed by atoms with Gasteiger partial charge in [0.2, 0.25) is 0 Å². The number of halogens is 1. The van der Waals surface area contributed by atoms with Crippen molar-refractivity contribution in [2.75, 3.05) is 11.9 Å². The molecule has 2 aromatic carbocycles. The van der Waals surface area contributed by atoms with E-state index in [2.05, 4.69) is 21.2 Å². The zero-order chi connectivity index (χ0) is 15.2. The Bertz CT molecular complexity index is 629. The first-order valence-corrected chi connectivity index (χ1v) is 7.26. The highest BCUT2D eigenvalue weighted by atomic mass is 79.9. The summed E-state index contributed by atoms with van der Waals surface area (Å²) in [6.45, 7) is 0.501. The first-order valence-electron chi connectivity index (χ1n) is 6.46. The topological polar surface area (TPSA) is 75.4 Å². The van der Waals surface area contributed by atoms with Gasteiger partial charge in [-0.1, -0.05) is 28.1 Å². The Hall–Kier alpha value is -1.92. The van der Waals surface area contributed by atoms with Crippen LogP contribution in [-0.2, 0) is 13.0 Å². The fraction of sp³-hybridized carbons (Fsp3) is 0.200. The Labute approximate surface area is 130 Å². The molecule has 0 unspecified atom stereocenters. The number of benzene rings is 2. The zero-order valence-electron chi connectivity index (χ0n) is 11.3. The van der Waals surface area contributed by atoms with Gasteiger partial charge in [-0.05, 0) is 36.2 Å². The number of nitro groups is 1. The van der Waals surface area contributed by atoms with Gasteiger partial charge in [0.05, 0.1) is 4.92 Å². The maximum Gasteiger partial charge on any atom is 0.275 e. The van der Waals surface area contributed by atoms with Crippen LogP contribution in [0, 0.1) is 10.1 Å². The molecule has 5 nitrogen and oxygen atoms in total. The molecule has 0 radical (unpaired) electrons. The number of nitro benzene ring substituents is 1. The van der Waals surface area contributed by atoms with Gasteiger partial charge in [-0.25, -0.2) is 0 Å². The molecule has 0 atom stereocenters. The van der Waals surface area contributed by atoms with Crippen LogP contribution in [0.2, 0.25) is 0 Å². The minimum Gasteiger partial charge on any atom is -0.396 e. The number of nitrogens with one attached hydrogen (secondary N) is 1. The molecule has 0 aromatic heterocycles. The Balaban J connectivity index is 2.07. The molecule has 6 heteroatoms. The minimum atomic E-state index is -0.383. The largest absolute Gasteiger partial charge is 0.396 e. The van der Waals surface area contributed by atoms with Crippen LogP contribution in [0.5, 0.6) is 0 Å². The summed E-state index contributed by atoms with van der Waals surface area (Å²) in [5, 5.41) is 23.1. The fourth-order valence-electron chi connectivity index (χ4n) is 1.97. The lowest BCUT2D eigenvalue weighted by Gasteiger charge is -2.08. The van der Waals surface area contributed by atoms with E-state index in [1.165, 1.54) is 6.07 Å². The summed E-state index contributed by atoms with van der Waals surface area (Å²) in [4.78, 5) is 10.7. The fourth-order valence-corrected chi connectivity index (χ4v) is 2.32. The lowest BCUT2D eigenvalue weighted by molar-refractivity contribution is -0.385. The van der Waals surface area contributed by atoms with E-state index in [-0.39, 0.29) is 17.2 Å². The molecule has 2 aromatic rings. The number of nitrogens with zero attached hydrogens (tertiary/aromatic N) is 1. The number of aliphatic hydroxyl groups is 1. The summed E-state index contributed by atoms with van der Waals surface area (Å²) in [5.41, 5.74) is 2.66. The van der Waals surface area contributed by atoms with Crippen molar-refractivity contribution in [3.8, 4) is 0 Å². The third-order valence-corrected chi connectivity index (χ3v) is 3.57. The van der Waals surface area contributed by atoms with Crippen molar-refractivity contribution in [2.24, 2.45) is 0 Å². The van der Waals surface area contributed by atoms with Gasteiger partial charge in [-0.3, -0.25) is 10.1 Å². The van der Waals surface area contributed by atoms with Crippen LogP contribution < -0.4 is 5.32 Å². The highest BCUT2D eigenvalue weighted by Crippen LogP contribution is 2.24. The van der Waals surface area contributed by atoms with Gasteiger partial charge in [0.25, 0.3) is 5.69 Å². The predicted molar refractivity (Wildman–Crippen MR) is 85.4 cm³/mol. The van der Waals surface area contributed by atoms with Crippen LogP contribution in [0.1, 0.15) is 11.1 Å². The van der Waals surface area contributed by atoms with Gasteiger partial charge >= 0.3 is 0 Å². The molecule has 2 rings (SSSR count). The molecule has 110 valence electrons. The second-order valence-corrected chi connectivity index (χ2v) is 5.47. The van der Waals surface area contributed by atoms with Crippen LogP contribution in [0.3, 0.4) is 0 Å². The van der Waals surface area contributed by atoms with Gasteiger partial charge in [0, 0.05) is 34.9 Å². The van der Waals surface area contributed by atoms with Gasteiger partial charge in [0.1, 0.15) is 0 Å². The predicted octanol–water partition coefficient (Wildman–Crippen LogP) is 3.50. The lowest BCUT2D eigenvalue weighted by Crippen LogP contribution is -2.03. The van der Waals surface area contributed by atoms with E-state index in [0.717, 1.165) is 11.3 Å². The van der Waals surface area contributed by atoms with Crippen LogP contribution in [0.4, 0.5) is 11.4 Å². The van der Waals surface area contributed by atoms with Crippen molar-refractivity contribution >= 4 is 27.3 Å². The lowest BCUT2D eigenvalue weighted by atomic mass is 10.1. The first kappa shape index (κ1) is 15.5. The number of hydrogen-bond donors (Lipinski definition) is 2. The average molecular weight is 351 g/mol. The van der Waals surface area contributed by atoms with E-state index < -0.39 is 0 Å². The van der Waals surface area contributed by atoms with Crippen LogP contribution in [-0.4, -0.2) is 16.6 Å². The number of anilines is 1. The Morgan fingerprint density at radius 1 is 1.19 bits per heavy atom. The van der Waals surface area contributed by atoms with Gasteiger partial charge in [-0.2, -0.15) is 0 Å². The van der Waals surface area contributed by atoms with Crippen molar-refractivity contribution in [3.05, 3.63) is 68.2 Å². The summed E-state index contributed by atoms with van der Waals surface area (Å²) in [6.07, 6.45) is 0.623. The second kappa shape index (κ2) is 7.19. The highest BCUT2D eigenvalue weighted by Gasteiger charge is 2.13. The van der Waals surface area contributed by atoms with E-state index in [1.807, 2.05) is 24.3 Å².